The van der Waals surface area contributed by atoms with Crippen molar-refractivity contribution in [3.05, 3.63) is 27.7 Å². The first-order chi connectivity index (χ1) is 8.38. The van der Waals surface area contributed by atoms with Gasteiger partial charge in [-0.3, -0.25) is 4.79 Å². The zero-order valence-electron chi connectivity index (χ0n) is 11.1. The summed E-state index contributed by atoms with van der Waals surface area (Å²) in [7, 11) is 0. The Balaban J connectivity index is 3.11. The van der Waals surface area contributed by atoms with E-state index in [1.807, 2.05) is 27.7 Å². The van der Waals surface area contributed by atoms with Gasteiger partial charge in [-0.05, 0) is 18.9 Å². The largest absolute Gasteiger partial charge is 0.492 e. The normalized spacial score (nSPS) is 12.6. The van der Waals surface area contributed by atoms with Crippen LogP contribution in [0.3, 0.4) is 0 Å². The highest BCUT2D eigenvalue weighted by atomic mass is 35.5. The molecule has 0 aromatic heterocycles. The number of hydrogen-bond donors (Lipinski definition) is 0. The fourth-order valence-electron chi connectivity index (χ4n) is 1.53. The van der Waals surface area contributed by atoms with Crippen LogP contribution in [-0.4, -0.2) is 12.4 Å². The van der Waals surface area contributed by atoms with E-state index in [0.717, 1.165) is 0 Å². The molecule has 0 N–H and O–H groups in total. The molecule has 18 heavy (non-hydrogen) atoms. The van der Waals surface area contributed by atoms with Gasteiger partial charge in [-0.2, -0.15) is 0 Å². The molecular weight excluding hydrogens is 271 g/mol. The molecule has 0 heterocycles. The van der Waals surface area contributed by atoms with Crippen LogP contribution in [-0.2, 0) is 0 Å². The first-order valence-electron chi connectivity index (χ1n) is 6.04. The van der Waals surface area contributed by atoms with Gasteiger partial charge in [-0.15, -0.1) is 0 Å². The number of Topliss-reactive ketones (excluding diaryl/α,β-unsaturated/α-hetero) is 1. The molecule has 0 saturated heterocycles. The SMILES string of the molecule is CCOc1cc(Cl)c(C(=O)C(C)C(C)C)cc1Cl. The Kier molecular flexibility index (Phi) is 5.48. The second-order valence-corrected chi connectivity index (χ2v) is 5.41. The van der Waals surface area contributed by atoms with Crippen molar-refractivity contribution in [3.63, 3.8) is 0 Å². The molecule has 100 valence electrons. The first kappa shape index (κ1) is 15.3. The second kappa shape index (κ2) is 6.44. The van der Waals surface area contributed by atoms with Gasteiger partial charge in [0.05, 0.1) is 16.7 Å². The molecule has 0 radical (unpaired) electrons. The predicted molar refractivity (Wildman–Crippen MR) is 76.0 cm³/mol. The highest BCUT2D eigenvalue weighted by Crippen LogP contribution is 2.33. The zero-order valence-corrected chi connectivity index (χ0v) is 12.6. The number of benzene rings is 1. The molecule has 1 aromatic carbocycles. The average molecular weight is 289 g/mol. The van der Waals surface area contributed by atoms with Crippen LogP contribution in [0.1, 0.15) is 38.1 Å². The third-order valence-electron chi connectivity index (χ3n) is 3.00. The van der Waals surface area contributed by atoms with Crippen molar-refractivity contribution in [1.82, 2.24) is 0 Å². The van der Waals surface area contributed by atoms with Crippen LogP contribution in [0.4, 0.5) is 0 Å². The summed E-state index contributed by atoms with van der Waals surface area (Å²) in [5.74, 6) is 0.702. The number of ether oxygens (including phenoxy) is 1. The number of halogens is 2. The van der Waals surface area contributed by atoms with Crippen LogP contribution in [0, 0.1) is 11.8 Å². The average Bonchev–Trinajstić information content (AvgIpc) is 2.31. The maximum absolute atomic E-state index is 12.2. The molecule has 0 aliphatic heterocycles. The Hall–Kier alpha value is -0.730. The molecule has 1 unspecified atom stereocenters. The summed E-state index contributed by atoms with van der Waals surface area (Å²) < 4.78 is 5.33. The highest BCUT2D eigenvalue weighted by Gasteiger charge is 2.22. The Morgan fingerprint density at radius 1 is 1.22 bits per heavy atom. The first-order valence-corrected chi connectivity index (χ1v) is 6.80. The van der Waals surface area contributed by atoms with Crippen molar-refractivity contribution in [2.24, 2.45) is 11.8 Å². The maximum Gasteiger partial charge on any atom is 0.167 e. The van der Waals surface area contributed by atoms with E-state index in [0.29, 0.717) is 28.0 Å². The van der Waals surface area contributed by atoms with Crippen molar-refractivity contribution < 1.29 is 9.53 Å². The van der Waals surface area contributed by atoms with E-state index in [-0.39, 0.29) is 17.6 Å². The molecule has 0 bridgehead atoms. The van der Waals surface area contributed by atoms with Crippen LogP contribution < -0.4 is 4.74 Å². The molecule has 0 saturated carbocycles. The maximum atomic E-state index is 12.2. The molecule has 0 aliphatic rings. The number of rotatable bonds is 5. The van der Waals surface area contributed by atoms with Gasteiger partial charge in [0, 0.05) is 17.5 Å². The van der Waals surface area contributed by atoms with Crippen LogP contribution in [0.5, 0.6) is 5.75 Å². The Bertz CT molecular complexity index is 442. The number of carbonyl (C=O) groups excluding carboxylic acids is 1. The van der Waals surface area contributed by atoms with Crippen LogP contribution >= 0.6 is 23.2 Å². The third kappa shape index (κ3) is 3.39. The smallest absolute Gasteiger partial charge is 0.167 e. The third-order valence-corrected chi connectivity index (χ3v) is 3.61. The van der Waals surface area contributed by atoms with E-state index in [2.05, 4.69) is 0 Å². The van der Waals surface area contributed by atoms with Crippen molar-refractivity contribution in [3.8, 4) is 5.75 Å². The van der Waals surface area contributed by atoms with E-state index in [1.165, 1.54) is 0 Å². The monoisotopic (exact) mass is 288 g/mol. The molecule has 0 aliphatic carbocycles. The van der Waals surface area contributed by atoms with E-state index >= 15 is 0 Å². The van der Waals surface area contributed by atoms with Crippen LogP contribution in [0.15, 0.2) is 12.1 Å². The minimum atomic E-state index is -0.0866. The summed E-state index contributed by atoms with van der Waals surface area (Å²) in [4.78, 5) is 12.2. The van der Waals surface area contributed by atoms with Gasteiger partial charge in [0.25, 0.3) is 0 Å². The predicted octanol–water partition coefficient (Wildman–Crippen LogP) is 4.87. The molecule has 1 rings (SSSR count). The van der Waals surface area contributed by atoms with Gasteiger partial charge < -0.3 is 4.74 Å². The minimum absolute atomic E-state index is 0.0138. The molecule has 0 spiro atoms. The molecule has 0 amide bonds. The standard InChI is InChI=1S/C14H18Cl2O2/c1-5-18-13-7-11(15)10(6-12(13)16)14(17)9(4)8(2)3/h6-9H,5H2,1-4H3. The van der Waals surface area contributed by atoms with Crippen molar-refractivity contribution >= 4 is 29.0 Å². The lowest BCUT2D eigenvalue weighted by atomic mass is 9.90. The topological polar surface area (TPSA) is 26.3 Å². The van der Waals surface area contributed by atoms with Crippen molar-refractivity contribution in [2.75, 3.05) is 6.61 Å². The molecule has 4 heteroatoms. The summed E-state index contributed by atoms with van der Waals surface area (Å²) in [6.45, 7) is 8.28. The van der Waals surface area contributed by atoms with Gasteiger partial charge in [0.15, 0.2) is 5.78 Å². The quantitative estimate of drug-likeness (QED) is 0.723. The lowest BCUT2D eigenvalue weighted by Gasteiger charge is -2.16. The van der Waals surface area contributed by atoms with E-state index in [9.17, 15) is 4.79 Å². The van der Waals surface area contributed by atoms with Crippen molar-refractivity contribution in [1.29, 1.82) is 0 Å². The van der Waals surface area contributed by atoms with E-state index in [4.69, 9.17) is 27.9 Å². The van der Waals surface area contributed by atoms with Gasteiger partial charge >= 0.3 is 0 Å². The minimum Gasteiger partial charge on any atom is -0.492 e. The fraction of sp³-hybridized carbons (Fsp3) is 0.500. The van der Waals surface area contributed by atoms with Gasteiger partial charge in [-0.25, -0.2) is 0 Å². The van der Waals surface area contributed by atoms with E-state index < -0.39 is 0 Å². The summed E-state index contributed by atoms with van der Waals surface area (Å²) in [6.07, 6.45) is 0. The molecule has 0 fully saturated rings. The lowest BCUT2D eigenvalue weighted by molar-refractivity contribution is 0.0900. The molecule has 1 aromatic rings. The Labute approximate surface area is 118 Å². The summed E-state index contributed by atoms with van der Waals surface area (Å²) >= 11 is 12.2. The van der Waals surface area contributed by atoms with Crippen molar-refractivity contribution in [2.45, 2.75) is 27.7 Å². The summed E-state index contributed by atoms with van der Waals surface area (Å²) in [5.41, 5.74) is 0.464. The summed E-state index contributed by atoms with van der Waals surface area (Å²) in [6, 6.07) is 3.20. The van der Waals surface area contributed by atoms with E-state index in [1.54, 1.807) is 12.1 Å². The number of hydrogen-bond acceptors (Lipinski definition) is 2. The molecule has 2 nitrogen and oxygen atoms in total. The summed E-state index contributed by atoms with van der Waals surface area (Å²) in [5, 5.41) is 0.806. The van der Waals surface area contributed by atoms with Crippen LogP contribution in [0.25, 0.3) is 0 Å². The second-order valence-electron chi connectivity index (χ2n) is 4.59. The van der Waals surface area contributed by atoms with Gasteiger partial charge in [-0.1, -0.05) is 44.0 Å². The van der Waals surface area contributed by atoms with Gasteiger partial charge in [0.1, 0.15) is 5.75 Å². The van der Waals surface area contributed by atoms with Gasteiger partial charge in [0.2, 0.25) is 0 Å². The number of ketones is 1. The Morgan fingerprint density at radius 2 is 1.83 bits per heavy atom. The molecule has 1 atom stereocenters. The zero-order chi connectivity index (χ0) is 13.9. The fourth-order valence-corrected chi connectivity index (χ4v) is 2.00. The van der Waals surface area contributed by atoms with Crippen LogP contribution in [0.2, 0.25) is 10.0 Å². The highest BCUT2D eigenvalue weighted by molar-refractivity contribution is 6.36. The number of carbonyl (C=O) groups is 1. The lowest BCUT2D eigenvalue weighted by Crippen LogP contribution is -2.17. The molecular formula is C14H18Cl2O2. The Morgan fingerprint density at radius 3 is 2.33 bits per heavy atom.